The molecule has 0 aliphatic carbocycles. The molecule has 1 amide bonds. The third-order valence-electron chi connectivity index (χ3n) is 10.3. The summed E-state index contributed by atoms with van der Waals surface area (Å²) >= 11 is 0. The Morgan fingerprint density at radius 1 is 0.548 bits per heavy atom. The van der Waals surface area contributed by atoms with Gasteiger partial charge in [0, 0.05) is 76.2 Å². The molecule has 0 aromatic carbocycles. The molecule has 0 aromatic rings. The summed E-state index contributed by atoms with van der Waals surface area (Å²) in [5.74, 6) is -17.1. The minimum absolute atomic E-state index is 0.806. The molecule has 0 radical (unpaired) electrons. The lowest BCUT2D eigenvalue weighted by atomic mass is 9.87. The molecule has 3 rings (SSSR count). The third-order valence-corrected chi connectivity index (χ3v) is 10.3. The Bertz CT molecular complexity index is 2080. The van der Waals surface area contributed by atoms with Crippen LogP contribution in [0.15, 0.2) is 0 Å². The van der Waals surface area contributed by atoms with Crippen molar-refractivity contribution in [2.24, 2.45) is 0 Å². The first-order valence-corrected chi connectivity index (χ1v) is 22.1. The molecule has 0 saturated carbocycles. The van der Waals surface area contributed by atoms with Crippen LogP contribution in [0, 0.1) is 0 Å². The Morgan fingerprint density at radius 2 is 1.03 bits per heavy atom. The van der Waals surface area contributed by atoms with Crippen LogP contribution in [0.25, 0.3) is 0 Å². The fourth-order valence-electron chi connectivity index (χ4n) is 7.89. The maximum absolute atomic E-state index is 14.0. The van der Waals surface area contributed by atoms with Gasteiger partial charge in [-0.2, -0.15) is 0 Å². The number of aliphatic carboxylic acids is 1. The van der Waals surface area contributed by atoms with E-state index in [9.17, 15) is 67.7 Å². The van der Waals surface area contributed by atoms with Gasteiger partial charge in [-0.15, -0.1) is 0 Å². The molecule has 30 nitrogen and oxygen atoms in total. The van der Waals surface area contributed by atoms with Crippen LogP contribution in [-0.2, 0) is 129 Å². The first kappa shape index (κ1) is 60.7. The standard InChI is InChI=1S/C43H59NO29/c1-16(45)44-31-27(62-20(5)49)12-43(42(57)58,72-35(31)32(64-22(7)51)28(63-21(6)50)13-59-17(2)46)73-37-34(65-23(8)52)30(15-61-19(4)48)70-41(39(37)68-26(11)55)71-33-29(14-60-18(3)47)69-40(56)38(67-25(10)54)36(33)66-24(9)53/h27-41,56H,12-15H2,1-11H3,(H,44,45)(H,57,58)/t27-,28-,29+,30+,31+,32+,33+,34+,35-,36+,37-,38-,39-,40?,41-,43-/m0/s1. The van der Waals surface area contributed by atoms with Crippen molar-refractivity contribution in [1.82, 2.24) is 5.32 Å². The molecular formula is C43H59NO29. The molecule has 0 bridgehead atoms. The van der Waals surface area contributed by atoms with Crippen LogP contribution in [0.2, 0.25) is 0 Å². The summed E-state index contributed by atoms with van der Waals surface area (Å²) in [5, 5.41) is 24.7. The minimum atomic E-state index is -3.38. The molecule has 1 unspecified atom stereocenters. The molecule has 3 heterocycles. The van der Waals surface area contributed by atoms with E-state index >= 15 is 0 Å². The number of nitrogens with one attached hydrogen (secondary N) is 1. The smallest absolute Gasteiger partial charge is 0.364 e. The number of aliphatic hydroxyl groups excluding tert-OH is 1. The van der Waals surface area contributed by atoms with Gasteiger partial charge in [0.25, 0.3) is 5.79 Å². The quantitative estimate of drug-likeness (QED) is 0.0789. The second-order valence-corrected chi connectivity index (χ2v) is 16.4. The lowest BCUT2D eigenvalue weighted by Gasteiger charge is -2.52. The van der Waals surface area contributed by atoms with Crippen molar-refractivity contribution in [1.29, 1.82) is 0 Å². The number of carbonyl (C=O) groups is 12. The number of carboxylic acids is 1. The summed E-state index contributed by atoms with van der Waals surface area (Å²) in [7, 11) is 0. The number of esters is 10. The van der Waals surface area contributed by atoms with Gasteiger partial charge in [0.1, 0.15) is 56.4 Å². The molecular weight excluding hydrogens is 994 g/mol. The molecule has 3 aliphatic heterocycles. The summed E-state index contributed by atoms with van der Waals surface area (Å²) in [6, 6.07) is -1.77. The highest BCUT2D eigenvalue weighted by Gasteiger charge is 2.64. The van der Waals surface area contributed by atoms with E-state index in [0.717, 1.165) is 76.2 Å². The highest BCUT2D eigenvalue weighted by atomic mass is 16.8. The van der Waals surface area contributed by atoms with Crippen LogP contribution in [0.1, 0.15) is 82.6 Å². The maximum Gasteiger partial charge on any atom is 0.364 e. The number of hydrogen-bond acceptors (Lipinski definition) is 28. The highest BCUT2D eigenvalue weighted by molar-refractivity contribution is 5.77. The first-order valence-electron chi connectivity index (χ1n) is 22.1. The molecule has 30 heteroatoms. The predicted molar refractivity (Wildman–Crippen MR) is 226 cm³/mol. The molecule has 3 aliphatic rings. The van der Waals surface area contributed by atoms with E-state index in [-0.39, 0.29) is 0 Å². The highest BCUT2D eigenvalue weighted by Crippen LogP contribution is 2.42. The second-order valence-electron chi connectivity index (χ2n) is 16.4. The van der Waals surface area contributed by atoms with Crippen LogP contribution in [0.4, 0.5) is 0 Å². The normalized spacial score (nSPS) is 30.5. The molecule has 0 aromatic heterocycles. The summed E-state index contributed by atoms with van der Waals surface area (Å²) in [6.45, 7) is 7.42. The Labute approximate surface area is 415 Å². The van der Waals surface area contributed by atoms with E-state index in [1.807, 2.05) is 0 Å². The van der Waals surface area contributed by atoms with E-state index in [1.165, 1.54) is 0 Å². The fraction of sp³-hybridized carbons (Fsp3) is 0.721. The van der Waals surface area contributed by atoms with E-state index in [2.05, 4.69) is 5.32 Å². The fourth-order valence-corrected chi connectivity index (χ4v) is 7.89. The van der Waals surface area contributed by atoms with Crippen LogP contribution >= 0.6 is 0 Å². The topological polar surface area (TPSA) is 396 Å². The number of carboxylic acid groups (broad SMARTS) is 1. The Hall–Kier alpha value is -6.60. The molecule has 410 valence electrons. The average molecular weight is 1050 g/mol. The minimum Gasteiger partial charge on any atom is -0.477 e. The lowest BCUT2D eigenvalue weighted by molar-refractivity contribution is -0.385. The van der Waals surface area contributed by atoms with Gasteiger partial charge in [0.2, 0.25) is 5.91 Å². The van der Waals surface area contributed by atoms with Gasteiger partial charge in [-0.25, -0.2) is 4.79 Å². The summed E-state index contributed by atoms with van der Waals surface area (Å²) in [6.07, 6.45) is -29.8. The van der Waals surface area contributed by atoms with Gasteiger partial charge in [-0.05, 0) is 0 Å². The van der Waals surface area contributed by atoms with Crippen molar-refractivity contribution in [3.8, 4) is 0 Å². The molecule has 73 heavy (non-hydrogen) atoms. The van der Waals surface area contributed by atoms with Crippen LogP contribution in [0.3, 0.4) is 0 Å². The average Bonchev–Trinajstić information content (AvgIpc) is 3.23. The zero-order valence-electron chi connectivity index (χ0n) is 41.4. The zero-order valence-corrected chi connectivity index (χ0v) is 41.4. The van der Waals surface area contributed by atoms with Gasteiger partial charge < -0.3 is 86.6 Å². The van der Waals surface area contributed by atoms with Gasteiger partial charge in [-0.3, -0.25) is 52.7 Å². The lowest BCUT2D eigenvalue weighted by Crippen LogP contribution is -2.72. The Balaban J connectivity index is 2.48. The summed E-state index contributed by atoms with van der Waals surface area (Å²) in [5.41, 5.74) is 0. The monoisotopic (exact) mass is 1050 g/mol. The number of hydrogen-bond donors (Lipinski definition) is 3. The van der Waals surface area contributed by atoms with Gasteiger partial charge in [0.05, 0.1) is 12.5 Å². The van der Waals surface area contributed by atoms with Crippen LogP contribution in [-0.4, -0.2) is 199 Å². The van der Waals surface area contributed by atoms with Crippen molar-refractivity contribution < 1.29 is 139 Å². The summed E-state index contributed by atoms with van der Waals surface area (Å²) in [4.78, 5) is 152. The largest absolute Gasteiger partial charge is 0.477 e. The van der Waals surface area contributed by atoms with E-state index < -0.39 is 195 Å². The molecule has 16 atom stereocenters. The van der Waals surface area contributed by atoms with Gasteiger partial charge in [-0.1, -0.05) is 0 Å². The van der Waals surface area contributed by atoms with Gasteiger partial charge >= 0.3 is 65.7 Å². The Morgan fingerprint density at radius 3 is 1.49 bits per heavy atom. The van der Waals surface area contributed by atoms with Crippen molar-refractivity contribution in [3.63, 3.8) is 0 Å². The molecule has 3 saturated heterocycles. The third kappa shape index (κ3) is 17.8. The molecule has 3 N–H and O–H groups in total. The van der Waals surface area contributed by atoms with Crippen molar-refractivity contribution in [3.05, 3.63) is 0 Å². The summed E-state index contributed by atoms with van der Waals surface area (Å²) < 4.78 is 84.4. The zero-order chi connectivity index (χ0) is 55.2. The van der Waals surface area contributed by atoms with Crippen molar-refractivity contribution in [2.45, 2.75) is 180 Å². The first-order chi connectivity index (χ1) is 33.9. The van der Waals surface area contributed by atoms with Crippen LogP contribution < -0.4 is 5.32 Å². The maximum atomic E-state index is 14.0. The van der Waals surface area contributed by atoms with Gasteiger partial charge in [0.15, 0.2) is 49.2 Å². The number of carbonyl (C=O) groups excluding carboxylic acids is 11. The number of ether oxygens (including phenoxy) is 15. The predicted octanol–water partition coefficient (Wildman–Crippen LogP) is -2.52. The molecule has 3 fully saturated rings. The Kier molecular flexibility index (Phi) is 22.4. The van der Waals surface area contributed by atoms with E-state index in [1.54, 1.807) is 0 Å². The molecule has 0 spiro atoms. The number of rotatable bonds is 21. The van der Waals surface area contributed by atoms with Crippen molar-refractivity contribution >= 4 is 71.6 Å². The SMILES string of the molecule is CC(=O)N[C@H]1[C@@H]([C@H](OC(C)=O)[C@H](COC(C)=O)OC(C)=O)O[C@@](O[C@@H]2[C@H](OC(C)=O)[C@H](O[C@H]3[C@@H](OC(C)=O)[C@H](OC(C)=O)C(O)O[C@@H]3COC(C)=O)O[C@H](COC(C)=O)[C@H]2OC(C)=O)(C(=O)O)C[C@@H]1OC(C)=O. The van der Waals surface area contributed by atoms with Crippen molar-refractivity contribution in [2.75, 3.05) is 19.8 Å². The number of amides is 1. The van der Waals surface area contributed by atoms with Crippen LogP contribution in [0.5, 0.6) is 0 Å². The van der Waals surface area contributed by atoms with E-state index in [0.29, 0.717) is 0 Å². The number of aliphatic hydroxyl groups is 1. The second kappa shape index (κ2) is 26.9. The van der Waals surface area contributed by atoms with E-state index in [4.69, 9.17) is 71.1 Å².